The zero-order valence-electron chi connectivity index (χ0n) is 12.6. The summed E-state index contributed by atoms with van der Waals surface area (Å²) in [6, 6.07) is 3.85. The van der Waals surface area contributed by atoms with Crippen molar-refractivity contribution < 1.29 is 4.79 Å². The summed E-state index contributed by atoms with van der Waals surface area (Å²) in [5.41, 5.74) is 7.67. The highest BCUT2D eigenvalue weighted by molar-refractivity contribution is 5.92. The molecule has 2 rings (SSSR count). The predicted octanol–water partition coefficient (Wildman–Crippen LogP) is 1.35. The van der Waals surface area contributed by atoms with Crippen molar-refractivity contribution in [2.45, 2.75) is 19.8 Å². The van der Waals surface area contributed by atoms with E-state index in [1.165, 1.54) is 0 Å². The van der Waals surface area contributed by atoms with Crippen LogP contribution in [0.2, 0.25) is 0 Å². The summed E-state index contributed by atoms with van der Waals surface area (Å²) in [5, 5.41) is 0. The molecule has 1 aromatic rings. The fourth-order valence-corrected chi connectivity index (χ4v) is 2.47. The number of amides is 1. The van der Waals surface area contributed by atoms with Gasteiger partial charge in [-0.3, -0.25) is 9.78 Å². The first-order valence-electron chi connectivity index (χ1n) is 7.08. The molecule has 20 heavy (non-hydrogen) atoms. The Hall–Kier alpha value is -1.62. The van der Waals surface area contributed by atoms with E-state index in [4.69, 9.17) is 5.73 Å². The van der Waals surface area contributed by atoms with Crippen LogP contribution in [0.3, 0.4) is 0 Å². The number of anilines is 1. The molecule has 1 aliphatic rings. The maximum Gasteiger partial charge on any atom is 0.272 e. The average molecular weight is 276 g/mol. The minimum Gasteiger partial charge on any atom is -0.371 e. The molecular weight excluding hydrogens is 252 g/mol. The number of carbonyl (C=O) groups is 1. The molecule has 0 radical (unpaired) electrons. The van der Waals surface area contributed by atoms with E-state index in [1.807, 2.05) is 12.1 Å². The van der Waals surface area contributed by atoms with Gasteiger partial charge in [0.05, 0.1) is 0 Å². The van der Waals surface area contributed by atoms with Crippen LogP contribution in [0.4, 0.5) is 5.69 Å². The Balaban J connectivity index is 2.11. The molecular formula is C15H24N4O. The summed E-state index contributed by atoms with van der Waals surface area (Å²) in [5.74, 6) is -0.0596. The number of hydrogen-bond acceptors (Lipinski definition) is 4. The Morgan fingerprint density at radius 3 is 2.65 bits per heavy atom. The Bertz CT molecular complexity index is 479. The van der Waals surface area contributed by atoms with Gasteiger partial charge in [-0.25, -0.2) is 0 Å². The van der Waals surface area contributed by atoms with E-state index in [0.29, 0.717) is 5.69 Å². The van der Waals surface area contributed by atoms with Crippen LogP contribution >= 0.6 is 0 Å². The summed E-state index contributed by atoms with van der Waals surface area (Å²) in [6.07, 6.45) is 3.88. The van der Waals surface area contributed by atoms with Gasteiger partial charge in [0, 0.05) is 39.1 Å². The van der Waals surface area contributed by atoms with Gasteiger partial charge in [-0.2, -0.15) is 0 Å². The third kappa shape index (κ3) is 3.10. The lowest BCUT2D eigenvalue weighted by Crippen LogP contribution is -2.42. The molecule has 1 aromatic heterocycles. The van der Waals surface area contributed by atoms with Gasteiger partial charge in [0.2, 0.25) is 0 Å². The maximum atomic E-state index is 12.0. The van der Waals surface area contributed by atoms with Crippen LogP contribution in [-0.4, -0.2) is 49.5 Å². The molecule has 0 aliphatic carbocycles. The zero-order valence-corrected chi connectivity index (χ0v) is 12.6. The fraction of sp³-hybridized carbons (Fsp3) is 0.600. The molecule has 0 saturated carbocycles. The molecule has 5 heteroatoms. The second-order valence-electron chi connectivity index (χ2n) is 6.10. The quantitative estimate of drug-likeness (QED) is 0.905. The van der Waals surface area contributed by atoms with E-state index in [1.54, 1.807) is 25.2 Å². The highest BCUT2D eigenvalue weighted by Crippen LogP contribution is 2.31. The SMILES string of the molecule is CN(C)C(=O)c1cc(N2CCC(C)(CN)CC2)ccn1. The highest BCUT2D eigenvalue weighted by Gasteiger charge is 2.29. The van der Waals surface area contributed by atoms with E-state index >= 15 is 0 Å². The number of nitrogens with zero attached hydrogens (tertiary/aromatic N) is 3. The molecule has 2 heterocycles. The molecule has 110 valence electrons. The zero-order chi connectivity index (χ0) is 14.8. The molecule has 1 fully saturated rings. The molecule has 1 aliphatic heterocycles. The van der Waals surface area contributed by atoms with Gasteiger partial charge in [-0.1, -0.05) is 6.92 Å². The van der Waals surface area contributed by atoms with Crippen LogP contribution in [0.25, 0.3) is 0 Å². The number of hydrogen-bond donors (Lipinski definition) is 1. The predicted molar refractivity (Wildman–Crippen MR) is 80.9 cm³/mol. The van der Waals surface area contributed by atoms with Gasteiger partial charge in [-0.05, 0) is 36.9 Å². The molecule has 0 spiro atoms. The maximum absolute atomic E-state index is 12.0. The largest absolute Gasteiger partial charge is 0.371 e. The number of piperidine rings is 1. The Kier molecular flexibility index (Phi) is 4.28. The monoisotopic (exact) mass is 276 g/mol. The average Bonchev–Trinajstić information content (AvgIpc) is 2.47. The molecule has 1 amide bonds. The number of rotatable bonds is 3. The molecule has 0 atom stereocenters. The lowest BCUT2D eigenvalue weighted by molar-refractivity contribution is 0.0822. The van der Waals surface area contributed by atoms with Crippen LogP contribution in [0.5, 0.6) is 0 Å². The molecule has 1 saturated heterocycles. The minimum atomic E-state index is -0.0596. The van der Waals surface area contributed by atoms with Crippen LogP contribution < -0.4 is 10.6 Å². The van der Waals surface area contributed by atoms with Crippen molar-refractivity contribution >= 4 is 11.6 Å². The van der Waals surface area contributed by atoms with Gasteiger partial charge in [-0.15, -0.1) is 0 Å². The molecule has 0 aromatic carbocycles. The molecule has 5 nitrogen and oxygen atoms in total. The van der Waals surface area contributed by atoms with Crippen molar-refractivity contribution in [2.75, 3.05) is 38.6 Å². The number of pyridine rings is 1. The fourth-order valence-electron chi connectivity index (χ4n) is 2.47. The van der Waals surface area contributed by atoms with Crippen molar-refractivity contribution in [3.63, 3.8) is 0 Å². The highest BCUT2D eigenvalue weighted by atomic mass is 16.2. The lowest BCUT2D eigenvalue weighted by atomic mass is 9.80. The van der Waals surface area contributed by atoms with E-state index in [2.05, 4.69) is 16.8 Å². The lowest BCUT2D eigenvalue weighted by Gasteiger charge is -2.39. The van der Waals surface area contributed by atoms with Gasteiger partial charge < -0.3 is 15.5 Å². The summed E-state index contributed by atoms with van der Waals surface area (Å²) >= 11 is 0. The third-order valence-corrected chi connectivity index (χ3v) is 4.20. The second kappa shape index (κ2) is 5.79. The van der Waals surface area contributed by atoms with Gasteiger partial charge >= 0.3 is 0 Å². The summed E-state index contributed by atoms with van der Waals surface area (Å²) in [7, 11) is 3.48. The normalized spacial score (nSPS) is 17.9. The van der Waals surface area contributed by atoms with Gasteiger partial charge in [0.25, 0.3) is 5.91 Å². The van der Waals surface area contributed by atoms with Crippen molar-refractivity contribution in [3.8, 4) is 0 Å². The van der Waals surface area contributed by atoms with E-state index in [-0.39, 0.29) is 11.3 Å². The Morgan fingerprint density at radius 1 is 1.45 bits per heavy atom. The topological polar surface area (TPSA) is 62.5 Å². The summed E-state index contributed by atoms with van der Waals surface area (Å²) in [4.78, 5) is 20.0. The van der Waals surface area contributed by atoms with Crippen LogP contribution in [0.1, 0.15) is 30.3 Å². The first kappa shape index (κ1) is 14.8. The number of nitrogens with two attached hydrogens (primary N) is 1. The smallest absolute Gasteiger partial charge is 0.272 e. The van der Waals surface area contributed by atoms with Gasteiger partial charge in [0.1, 0.15) is 5.69 Å². The van der Waals surface area contributed by atoms with Crippen LogP contribution in [-0.2, 0) is 0 Å². The third-order valence-electron chi connectivity index (χ3n) is 4.20. The molecule has 0 unspecified atom stereocenters. The van der Waals surface area contributed by atoms with Crippen molar-refractivity contribution in [3.05, 3.63) is 24.0 Å². The number of carbonyl (C=O) groups excluding carboxylic acids is 1. The first-order chi connectivity index (χ1) is 9.45. The molecule has 2 N–H and O–H groups in total. The van der Waals surface area contributed by atoms with E-state index in [9.17, 15) is 4.79 Å². The standard InChI is InChI=1S/C15H24N4O/c1-15(11-16)5-8-19(9-6-15)12-4-7-17-13(10-12)14(20)18(2)3/h4,7,10H,5-6,8-9,11,16H2,1-3H3. The Morgan fingerprint density at radius 2 is 2.10 bits per heavy atom. The van der Waals surface area contributed by atoms with E-state index < -0.39 is 0 Å². The minimum absolute atomic E-state index is 0.0596. The second-order valence-corrected chi connectivity index (χ2v) is 6.10. The van der Waals surface area contributed by atoms with Crippen molar-refractivity contribution in [1.82, 2.24) is 9.88 Å². The van der Waals surface area contributed by atoms with Gasteiger partial charge in [0.15, 0.2) is 0 Å². The summed E-state index contributed by atoms with van der Waals surface area (Å²) < 4.78 is 0. The van der Waals surface area contributed by atoms with E-state index in [0.717, 1.165) is 38.2 Å². The van der Waals surface area contributed by atoms with Crippen molar-refractivity contribution in [1.29, 1.82) is 0 Å². The summed E-state index contributed by atoms with van der Waals surface area (Å²) in [6.45, 7) is 4.94. The first-order valence-corrected chi connectivity index (χ1v) is 7.08. The molecule has 0 bridgehead atoms. The van der Waals surface area contributed by atoms with Crippen LogP contribution in [0.15, 0.2) is 18.3 Å². The number of aromatic nitrogens is 1. The van der Waals surface area contributed by atoms with Crippen molar-refractivity contribution in [2.24, 2.45) is 11.1 Å². The van der Waals surface area contributed by atoms with Crippen LogP contribution in [0, 0.1) is 5.41 Å². The Labute approximate surface area is 120 Å².